The summed E-state index contributed by atoms with van der Waals surface area (Å²) >= 11 is 0. The number of rotatable bonds is 16. The number of hydrogen-bond acceptors (Lipinski definition) is 27. The maximum Gasteiger partial charge on any atom is 1.00 e. The van der Waals surface area contributed by atoms with Crippen molar-refractivity contribution in [1.82, 2.24) is 0 Å². The predicted octanol–water partition coefficient (Wildman–Crippen LogP) is -5.07. The molecule has 0 aromatic rings. The zero-order valence-corrected chi connectivity index (χ0v) is 52.6. The largest absolute Gasteiger partial charge is 1.00 e. The van der Waals surface area contributed by atoms with Crippen LogP contribution in [0.2, 0.25) is 0 Å². The van der Waals surface area contributed by atoms with Crippen molar-refractivity contribution in [2.75, 3.05) is 6.61 Å². The predicted molar refractivity (Wildman–Crippen MR) is 282 cm³/mol. The van der Waals surface area contributed by atoms with Gasteiger partial charge in [-0.2, -0.15) is 0 Å². The molecule has 5 unspecified atom stereocenters. The van der Waals surface area contributed by atoms with Gasteiger partial charge in [0, 0.05) is 6.42 Å². The van der Waals surface area contributed by atoms with Crippen molar-refractivity contribution in [1.29, 1.82) is 0 Å². The second-order valence-corrected chi connectivity index (χ2v) is 27.2. The van der Waals surface area contributed by atoms with Crippen LogP contribution in [-0.4, -0.2) is 252 Å². The summed E-state index contributed by atoms with van der Waals surface area (Å²) in [5, 5.41) is 135. The third kappa shape index (κ3) is 14.1. The fourth-order valence-corrected chi connectivity index (χ4v) is 16.0. The topological polar surface area (TPSA) is 419 Å². The maximum absolute atomic E-state index is 13.1. The van der Waals surface area contributed by atoms with Crippen LogP contribution in [0, 0.1) is 34.5 Å². The van der Waals surface area contributed by atoms with Gasteiger partial charge in [0.05, 0.1) is 48.8 Å². The van der Waals surface area contributed by atoms with Crippen LogP contribution in [0.25, 0.3) is 0 Å². The number of aliphatic hydroxyl groups is 12. The fraction of sp³-hybridized carbons (Fsp3) is 0.911. The minimum absolute atomic E-state index is 0. The summed E-state index contributed by atoms with van der Waals surface area (Å²) in [5.41, 5.74) is -0.529. The average molecular weight is 1250 g/mol. The molecule has 12 N–H and O–H groups in total. The van der Waals surface area contributed by atoms with Crippen molar-refractivity contribution in [3.8, 4) is 0 Å². The van der Waals surface area contributed by atoms with E-state index in [1.165, 1.54) is 33.8 Å². The molecule has 0 radical (unpaired) electrons. The van der Waals surface area contributed by atoms with E-state index in [0.717, 1.165) is 11.1 Å². The van der Waals surface area contributed by atoms with E-state index < -0.39 is 199 Å². The maximum atomic E-state index is 13.1. The minimum atomic E-state index is -5.13. The van der Waals surface area contributed by atoms with Crippen LogP contribution >= 0.6 is 0 Å². The molecule has 0 aromatic carbocycles. The van der Waals surface area contributed by atoms with Gasteiger partial charge in [0.2, 0.25) is 10.4 Å². The van der Waals surface area contributed by atoms with Crippen molar-refractivity contribution in [2.45, 2.75) is 279 Å². The quantitative estimate of drug-likeness (QED) is 0.0226. The van der Waals surface area contributed by atoms with Gasteiger partial charge in [0.25, 0.3) is 0 Å². The SMILES string of the molecule is CC(C)=CC(=O)C[C@@](C)(O)[C@H]1CC[C@H]2[C@@H]3C[C@H](OC4O[C@H](C)[C@@H](O)[C@H](OC5OC[C@@H](OC6O[C@H](C)[C@@H](O)[C@H](O)[C@H]6OC6O[C@H](C)[C@H](O)[C@H](O)[C@H]6O)[C@H](O)[C@H]5OC5O[C@H](C)[C@@H](O)[C@H](O)[C@H]5O)[C@H]4O)[C@H]4C[C@@H](OS(=O)(=O)[O-])CC[C@]4(C)C3=CC[C@@]21C.[Na+]. The van der Waals surface area contributed by atoms with Gasteiger partial charge in [-0.15, -0.1) is 0 Å². The first-order chi connectivity index (χ1) is 39.1. The van der Waals surface area contributed by atoms with Gasteiger partial charge in [-0.1, -0.05) is 31.1 Å². The third-order valence-corrected chi connectivity index (χ3v) is 20.6. The summed E-state index contributed by atoms with van der Waals surface area (Å²) in [5.74, 6) is -1.15. The molecule has 27 nitrogen and oxygen atoms in total. The second-order valence-electron chi connectivity index (χ2n) is 26.2. The Balaban J connectivity index is 0.00000940. The average Bonchev–Trinajstić information content (AvgIpc) is 1.74. The number of hydrogen-bond donors (Lipinski definition) is 12. The van der Waals surface area contributed by atoms with Gasteiger partial charge >= 0.3 is 29.6 Å². The summed E-state index contributed by atoms with van der Waals surface area (Å²) < 4.78 is 102. The molecule has 33 atom stereocenters. The smallest absolute Gasteiger partial charge is 0.726 e. The summed E-state index contributed by atoms with van der Waals surface area (Å²) in [7, 11) is -5.13. The first-order valence-corrected chi connectivity index (χ1v) is 30.7. The molecule has 5 heterocycles. The molecular formula is C56H89NaO27S. The van der Waals surface area contributed by atoms with Gasteiger partial charge in [0.15, 0.2) is 37.2 Å². The van der Waals surface area contributed by atoms with E-state index in [1.807, 2.05) is 13.8 Å². The van der Waals surface area contributed by atoms with Crippen molar-refractivity contribution >= 4 is 16.2 Å². The summed E-state index contributed by atoms with van der Waals surface area (Å²) in [6, 6.07) is 0. The molecule has 9 aliphatic rings. The summed E-state index contributed by atoms with van der Waals surface area (Å²) in [4.78, 5) is 13.1. The van der Waals surface area contributed by atoms with E-state index in [9.17, 15) is 79.0 Å². The Morgan fingerprint density at radius 3 is 1.71 bits per heavy atom. The Morgan fingerprint density at radius 1 is 0.635 bits per heavy atom. The molecule has 5 saturated heterocycles. The first kappa shape index (κ1) is 70.0. The van der Waals surface area contributed by atoms with Crippen LogP contribution in [-0.2, 0) is 66.7 Å². The molecule has 9 rings (SSSR count). The van der Waals surface area contributed by atoms with E-state index in [2.05, 4.69) is 19.9 Å². The normalized spacial score (nSPS) is 51.0. The Bertz CT molecular complexity index is 2470. The van der Waals surface area contributed by atoms with Gasteiger partial charge in [0.1, 0.15) is 91.6 Å². The number of carbonyl (C=O) groups is 1. The first-order valence-electron chi connectivity index (χ1n) is 29.4. The van der Waals surface area contributed by atoms with E-state index in [1.54, 1.807) is 6.92 Å². The second kappa shape index (κ2) is 27.0. The van der Waals surface area contributed by atoms with Crippen molar-refractivity contribution < 1.29 is 160 Å². The van der Waals surface area contributed by atoms with Crippen molar-refractivity contribution in [3.05, 3.63) is 23.3 Å². The Morgan fingerprint density at radius 2 is 1.14 bits per heavy atom. The van der Waals surface area contributed by atoms with Crippen LogP contribution in [0.1, 0.15) is 114 Å². The monoisotopic (exact) mass is 1250 g/mol. The van der Waals surface area contributed by atoms with Crippen LogP contribution in [0.15, 0.2) is 23.3 Å². The van der Waals surface area contributed by atoms with Crippen LogP contribution in [0.4, 0.5) is 0 Å². The Hall–Kier alpha value is -0.860. The fourth-order valence-electron chi connectivity index (χ4n) is 15.5. The number of allylic oxidation sites excluding steroid dienone is 4. The Labute approximate surface area is 517 Å². The molecule has 0 amide bonds. The number of carbonyl (C=O) groups excluding carboxylic acids is 1. The standard InChI is InChI=1S/C56H90O27S.Na/c1-21(2)16-26(57)19-56(9,69)34-11-10-29-28-18-32(31-17-27(83-84(70,71)72)12-14-54(31,7)30(28)13-15-55(29,34)8)78-51-45(68)46(38(61)25(6)76-51)80-52-47(81-49-43(66)40(63)35(58)22(3)74-49)39(62)33(20-73-52)79-53-48(42(65)37(60)24(5)77-53)82-50-44(67)41(64)36(59)23(4)75-50;/h13,16,22-25,27-29,31-53,58-69H,10-12,14-15,17-20H2,1-9H3,(H,70,71,72);/q;+1/p-1/t22-,23-,24-,25-,27+,28+,29+,31-,32+,33-,34+,35-,36+,37-,38-,39+,40+,41+,42+,43-,44-,45-,46+,47-,48-,49?,50?,51?,52?,53?,54-,55+,56-;/m1./s1. The number of ketones is 1. The van der Waals surface area contributed by atoms with Crippen molar-refractivity contribution in [3.63, 3.8) is 0 Å². The molecule has 0 bridgehead atoms. The Kier molecular flexibility index (Phi) is 22.2. The zero-order chi connectivity index (χ0) is 61.6. The van der Waals surface area contributed by atoms with E-state index >= 15 is 0 Å². The van der Waals surface area contributed by atoms with Crippen LogP contribution in [0.5, 0.6) is 0 Å². The molecule has 85 heavy (non-hydrogen) atoms. The third-order valence-electron chi connectivity index (χ3n) is 20.0. The summed E-state index contributed by atoms with van der Waals surface area (Å²) in [6.07, 6.45) is -34.6. The number of aliphatic hydroxyl groups excluding tert-OH is 11. The molecule has 482 valence electrons. The molecule has 0 aromatic heterocycles. The van der Waals surface area contributed by atoms with E-state index in [0.29, 0.717) is 32.1 Å². The molecule has 5 aliphatic heterocycles. The molecular weight excluding hydrogens is 1160 g/mol. The molecule has 4 aliphatic carbocycles. The van der Waals surface area contributed by atoms with Crippen molar-refractivity contribution in [2.24, 2.45) is 34.5 Å². The van der Waals surface area contributed by atoms with Crippen LogP contribution in [0.3, 0.4) is 0 Å². The molecule has 29 heteroatoms. The zero-order valence-electron chi connectivity index (χ0n) is 49.7. The number of ether oxygens (including phenoxy) is 10. The van der Waals surface area contributed by atoms with Gasteiger partial charge in [-0.3, -0.25) is 8.98 Å². The molecule has 0 spiro atoms. The minimum Gasteiger partial charge on any atom is -0.726 e. The van der Waals surface area contributed by atoms with Crippen LogP contribution < -0.4 is 29.6 Å². The van der Waals surface area contributed by atoms with Gasteiger partial charge < -0.3 is 113 Å². The molecule has 8 fully saturated rings. The summed E-state index contributed by atoms with van der Waals surface area (Å²) in [6.45, 7) is 14.6. The number of fused-ring (bicyclic) bond motifs is 5. The molecule has 3 saturated carbocycles. The van der Waals surface area contributed by atoms with E-state index in [4.69, 9.17) is 51.6 Å². The van der Waals surface area contributed by atoms with E-state index in [-0.39, 0.29) is 72.4 Å². The van der Waals surface area contributed by atoms with Gasteiger partial charge in [-0.25, -0.2) is 8.42 Å². The van der Waals surface area contributed by atoms with Gasteiger partial charge in [-0.05, 0) is 134 Å².